The Morgan fingerprint density at radius 1 is 1.69 bits per heavy atom. The molecular weight excluding hydrogens is 172 g/mol. The van der Waals surface area contributed by atoms with E-state index in [1.54, 1.807) is 0 Å². The molecule has 0 aromatic heterocycles. The number of carbonyl (C=O) groups is 2. The van der Waals surface area contributed by atoms with Crippen LogP contribution in [0.1, 0.15) is 27.2 Å². The van der Waals surface area contributed by atoms with Gasteiger partial charge in [0.25, 0.3) is 0 Å². The fourth-order valence-corrected chi connectivity index (χ4v) is 1.30. The summed E-state index contributed by atoms with van der Waals surface area (Å²) < 4.78 is 9.80. The molecule has 1 atom stereocenters. The van der Waals surface area contributed by atoms with E-state index in [-0.39, 0.29) is 30.1 Å². The van der Waals surface area contributed by atoms with E-state index in [0.717, 1.165) is 0 Å². The maximum atomic E-state index is 11.0. The summed E-state index contributed by atoms with van der Waals surface area (Å²) in [5.74, 6) is -0.569. The number of esters is 2. The Balaban J connectivity index is 2.50. The predicted molar refractivity (Wildman–Crippen MR) is 44.9 cm³/mol. The van der Waals surface area contributed by atoms with Gasteiger partial charge < -0.3 is 9.47 Å². The van der Waals surface area contributed by atoms with Gasteiger partial charge in [-0.15, -0.1) is 0 Å². The molecule has 0 unspecified atom stereocenters. The van der Waals surface area contributed by atoms with Crippen molar-refractivity contribution in [3.05, 3.63) is 0 Å². The van der Waals surface area contributed by atoms with Gasteiger partial charge in [0.1, 0.15) is 12.7 Å². The lowest BCUT2D eigenvalue weighted by Gasteiger charge is -2.22. The second-order valence-electron chi connectivity index (χ2n) is 3.95. The van der Waals surface area contributed by atoms with Gasteiger partial charge in [-0.3, -0.25) is 9.59 Å². The van der Waals surface area contributed by atoms with Crippen molar-refractivity contribution < 1.29 is 19.1 Å². The minimum atomic E-state index is -0.348. The van der Waals surface area contributed by atoms with Crippen LogP contribution < -0.4 is 0 Å². The third kappa shape index (κ3) is 2.44. The molecule has 1 fully saturated rings. The quantitative estimate of drug-likeness (QED) is 0.601. The van der Waals surface area contributed by atoms with Crippen LogP contribution in [0, 0.1) is 5.41 Å². The number of cyclic esters (lactones) is 1. The second kappa shape index (κ2) is 3.36. The van der Waals surface area contributed by atoms with Crippen LogP contribution in [0.5, 0.6) is 0 Å². The number of carbonyl (C=O) groups excluding carboxylic acids is 2. The highest BCUT2D eigenvalue weighted by atomic mass is 16.6. The van der Waals surface area contributed by atoms with Crippen LogP contribution in [0.3, 0.4) is 0 Å². The minimum Gasteiger partial charge on any atom is -0.462 e. The Morgan fingerprint density at radius 2 is 2.31 bits per heavy atom. The molecule has 1 aliphatic heterocycles. The predicted octanol–water partition coefficient (Wildman–Crippen LogP) is 0.891. The van der Waals surface area contributed by atoms with Gasteiger partial charge in [-0.2, -0.15) is 0 Å². The van der Waals surface area contributed by atoms with Gasteiger partial charge in [0.05, 0.1) is 6.42 Å². The molecule has 0 aromatic rings. The van der Waals surface area contributed by atoms with Gasteiger partial charge in [-0.25, -0.2) is 0 Å². The molecule has 0 amide bonds. The van der Waals surface area contributed by atoms with Gasteiger partial charge in [-0.1, -0.05) is 13.8 Å². The van der Waals surface area contributed by atoms with E-state index in [2.05, 4.69) is 0 Å². The second-order valence-corrected chi connectivity index (χ2v) is 3.95. The summed E-state index contributed by atoms with van der Waals surface area (Å²) in [4.78, 5) is 21.5. The minimum absolute atomic E-state index is 0.161. The summed E-state index contributed by atoms with van der Waals surface area (Å²) in [7, 11) is 0. The summed E-state index contributed by atoms with van der Waals surface area (Å²) in [6.45, 7) is 5.34. The van der Waals surface area contributed by atoms with E-state index in [4.69, 9.17) is 9.47 Å². The lowest BCUT2D eigenvalue weighted by atomic mass is 9.86. The largest absolute Gasteiger partial charge is 0.462 e. The van der Waals surface area contributed by atoms with Gasteiger partial charge in [0, 0.05) is 12.3 Å². The Morgan fingerprint density at radius 3 is 2.69 bits per heavy atom. The average Bonchev–Trinajstić information content (AvgIpc) is 2.19. The van der Waals surface area contributed by atoms with E-state index in [1.807, 2.05) is 13.8 Å². The lowest BCUT2D eigenvalue weighted by Crippen LogP contribution is -2.30. The number of hydrogen-bond donors (Lipinski definition) is 0. The highest BCUT2D eigenvalue weighted by Crippen LogP contribution is 2.34. The molecule has 0 saturated carbocycles. The van der Waals surface area contributed by atoms with Crippen LogP contribution in [0.15, 0.2) is 0 Å². The number of rotatable bonds is 2. The van der Waals surface area contributed by atoms with E-state index < -0.39 is 0 Å². The van der Waals surface area contributed by atoms with Gasteiger partial charge in [0.2, 0.25) is 0 Å². The molecule has 1 aliphatic rings. The van der Waals surface area contributed by atoms with Crippen LogP contribution in [-0.4, -0.2) is 24.6 Å². The number of hydrogen-bond acceptors (Lipinski definition) is 4. The van der Waals surface area contributed by atoms with Crippen molar-refractivity contribution >= 4 is 11.9 Å². The first kappa shape index (κ1) is 10.0. The van der Waals surface area contributed by atoms with Gasteiger partial charge in [0.15, 0.2) is 0 Å². The first-order valence-electron chi connectivity index (χ1n) is 4.24. The lowest BCUT2D eigenvalue weighted by molar-refractivity contribution is -0.152. The number of ether oxygens (including phenoxy) is 2. The molecule has 0 N–H and O–H groups in total. The standard InChI is InChI=1S/C9H14O4/c1-6(10)12-5-7-9(2,3)4-8(11)13-7/h7H,4-5H2,1-3H3/t7-/m1/s1. The van der Waals surface area contributed by atoms with Gasteiger partial charge >= 0.3 is 11.9 Å². The van der Waals surface area contributed by atoms with Crippen LogP contribution in [0.2, 0.25) is 0 Å². The third-order valence-electron chi connectivity index (χ3n) is 2.18. The molecule has 1 rings (SSSR count). The summed E-state index contributed by atoms with van der Waals surface area (Å²) in [6.07, 6.45) is 0.0859. The van der Waals surface area contributed by atoms with E-state index in [0.29, 0.717) is 6.42 Å². The maximum absolute atomic E-state index is 11.0. The molecule has 74 valence electrons. The summed E-state index contributed by atoms with van der Waals surface area (Å²) in [6, 6.07) is 0. The fraction of sp³-hybridized carbons (Fsp3) is 0.778. The van der Waals surface area contributed by atoms with Crippen LogP contribution in [0.25, 0.3) is 0 Å². The van der Waals surface area contributed by atoms with Crippen molar-refractivity contribution in [2.75, 3.05) is 6.61 Å². The smallest absolute Gasteiger partial charge is 0.306 e. The molecule has 0 radical (unpaired) electrons. The summed E-state index contributed by atoms with van der Waals surface area (Å²) in [5.41, 5.74) is -0.230. The first-order valence-corrected chi connectivity index (χ1v) is 4.24. The molecule has 0 aliphatic carbocycles. The maximum Gasteiger partial charge on any atom is 0.306 e. The van der Waals surface area contributed by atoms with Crippen LogP contribution in [0.4, 0.5) is 0 Å². The van der Waals surface area contributed by atoms with Crippen molar-refractivity contribution in [2.45, 2.75) is 33.3 Å². The van der Waals surface area contributed by atoms with E-state index in [9.17, 15) is 9.59 Å². The highest BCUT2D eigenvalue weighted by molar-refractivity contribution is 5.73. The van der Waals surface area contributed by atoms with Crippen molar-refractivity contribution in [1.29, 1.82) is 0 Å². The van der Waals surface area contributed by atoms with Crippen molar-refractivity contribution in [1.82, 2.24) is 0 Å². The molecule has 0 spiro atoms. The topological polar surface area (TPSA) is 52.6 Å². The summed E-state index contributed by atoms with van der Waals surface area (Å²) in [5, 5.41) is 0. The average molecular weight is 186 g/mol. The molecule has 0 aromatic carbocycles. The van der Waals surface area contributed by atoms with Crippen LogP contribution in [-0.2, 0) is 19.1 Å². The van der Waals surface area contributed by atoms with Gasteiger partial charge in [-0.05, 0) is 0 Å². The Hall–Kier alpha value is -1.06. The molecular formula is C9H14O4. The summed E-state index contributed by atoms with van der Waals surface area (Å²) >= 11 is 0. The zero-order valence-electron chi connectivity index (χ0n) is 8.12. The molecule has 4 nitrogen and oxygen atoms in total. The van der Waals surface area contributed by atoms with Crippen molar-refractivity contribution in [3.8, 4) is 0 Å². The molecule has 1 saturated heterocycles. The Kier molecular flexibility index (Phi) is 2.59. The zero-order valence-corrected chi connectivity index (χ0v) is 8.12. The molecule has 1 heterocycles. The SMILES string of the molecule is CC(=O)OC[C@H]1OC(=O)CC1(C)C. The third-order valence-corrected chi connectivity index (χ3v) is 2.18. The van der Waals surface area contributed by atoms with E-state index >= 15 is 0 Å². The Labute approximate surface area is 77.2 Å². The molecule has 0 bridgehead atoms. The molecule has 4 heteroatoms. The molecule has 13 heavy (non-hydrogen) atoms. The van der Waals surface area contributed by atoms with Crippen molar-refractivity contribution in [3.63, 3.8) is 0 Å². The van der Waals surface area contributed by atoms with Crippen LogP contribution >= 0.6 is 0 Å². The monoisotopic (exact) mass is 186 g/mol. The first-order chi connectivity index (χ1) is 5.92. The highest BCUT2D eigenvalue weighted by Gasteiger charge is 2.42. The normalized spacial score (nSPS) is 25.5. The fourth-order valence-electron chi connectivity index (χ4n) is 1.30. The van der Waals surface area contributed by atoms with Crippen molar-refractivity contribution in [2.24, 2.45) is 5.41 Å². The zero-order chi connectivity index (χ0) is 10.1. The Bertz CT molecular complexity index is 232. The van der Waals surface area contributed by atoms with E-state index in [1.165, 1.54) is 6.92 Å².